The van der Waals surface area contributed by atoms with Crippen LogP contribution in [0, 0.1) is 6.92 Å². The highest BCUT2D eigenvalue weighted by atomic mass is 35.5. The Morgan fingerprint density at radius 3 is 2.54 bits per heavy atom. The topological polar surface area (TPSA) is 63.8 Å². The van der Waals surface area contributed by atoms with E-state index in [2.05, 4.69) is 15.3 Å². The van der Waals surface area contributed by atoms with Crippen LogP contribution in [0.1, 0.15) is 19.5 Å². The van der Waals surface area contributed by atoms with Gasteiger partial charge in [-0.2, -0.15) is 4.98 Å². The Labute approximate surface area is 82.5 Å². The molecule has 4 nitrogen and oxygen atoms in total. The molecule has 0 unspecified atom stereocenters. The van der Waals surface area contributed by atoms with E-state index in [0.717, 1.165) is 0 Å². The Hall–Kier alpha value is -1.03. The molecule has 5 heteroatoms. The first-order valence-corrected chi connectivity index (χ1v) is 4.44. The highest BCUT2D eigenvalue weighted by Crippen LogP contribution is 2.20. The van der Waals surface area contributed by atoms with Crippen molar-refractivity contribution in [2.75, 3.05) is 11.1 Å². The van der Waals surface area contributed by atoms with Gasteiger partial charge in [0.05, 0.1) is 11.4 Å². The number of aryl methyl sites for hydroxylation is 1. The molecule has 1 aromatic heterocycles. The van der Waals surface area contributed by atoms with Gasteiger partial charge in [0.1, 0.15) is 0 Å². The number of hydrogen-bond donors (Lipinski definition) is 2. The summed E-state index contributed by atoms with van der Waals surface area (Å²) >= 11 is 5.69. The molecular formula is C8H13ClN4. The highest BCUT2D eigenvalue weighted by molar-refractivity contribution is 6.28. The maximum atomic E-state index is 5.75. The summed E-state index contributed by atoms with van der Waals surface area (Å²) in [6.07, 6.45) is 0. The maximum Gasteiger partial charge on any atom is 0.224 e. The zero-order valence-electron chi connectivity index (χ0n) is 7.93. The first kappa shape index (κ1) is 10.1. The Balaban J connectivity index is 3.05. The molecule has 3 N–H and O–H groups in total. The number of nitrogens with zero attached hydrogens (tertiary/aromatic N) is 2. The summed E-state index contributed by atoms with van der Waals surface area (Å²) in [6.45, 7) is 5.81. The lowest BCUT2D eigenvalue weighted by molar-refractivity contribution is 0.885. The third kappa shape index (κ3) is 2.45. The fraction of sp³-hybridized carbons (Fsp3) is 0.500. The molecule has 0 amide bonds. The van der Waals surface area contributed by atoms with Gasteiger partial charge in [0.15, 0.2) is 5.82 Å². The van der Waals surface area contributed by atoms with E-state index in [1.807, 2.05) is 13.8 Å². The van der Waals surface area contributed by atoms with Gasteiger partial charge in [-0.15, -0.1) is 0 Å². The lowest BCUT2D eigenvalue weighted by atomic mass is 10.3. The number of halogens is 1. The average molecular weight is 201 g/mol. The van der Waals surface area contributed by atoms with Crippen LogP contribution in [0.4, 0.5) is 11.5 Å². The van der Waals surface area contributed by atoms with Crippen molar-refractivity contribution in [3.63, 3.8) is 0 Å². The van der Waals surface area contributed by atoms with Crippen molar-refractivity contribution in [2.45, 2.75) is 26.8 Å². The normalized spacial score (nSPS) is 10.5. The SMILES string of the molecule is Cc1nc(Cl)nc(NC(C)C)c1N. The van der Waals surface area contributed by atoms with Crippen LogP contribution in [0.3, 0.4) is 0 Å². The van der Waals surface area contributed by atoms with Crippen LogP contribution < -0.4 is 11.1 Å². The smallest absolute Gasteiger partial charge is 0.224 e. The largest absolute Gasteiger partial charge is 0.394 e. The van der Waals surface area contributed by atoms with Gasteiger partial charge in [-0.25, -0.2) is 4.98 Å². The lowest BCUT2D eigenvalue weighted by Crippen LogP contribution is -2.14. The van der Waals surface area contributed by atoms with Crippen molar-refractivity contribution in [3.05, 3.63) is 11.0 Å². The molecule has 0 aromatic carbocycles. The molecule has 13 heavy (non-hydrogen) atoms. The second-order valence-corrected chi connectivity index (χ2v) is 3.48. The van der Waals surface area contributed by atoms with Gasteiger partial charge in [-0.3, -0.25) is 0 Å². The third-order valence-electron chi connectivity index (χ3n) is 1.53. The van der Waals surface area contributed by atoms with Crippen LogP contribution in [-0.4, -0.2) is 16.0 Å². The molecule has 0 aliphatic heterocycles. The first-order valence-electron chi connectivity index (χ1n) is 4.07. The van der Waals surface area contributed by atoms with Crippen LogP contribution in [0.5, 0.6) is 0 Å². The van der Waals surface area contributed by atoms with Gasteiger partial charge in [-0.05, 0) is 32.4 Å². The van der Waals surface area contributed by atoms with E-state index in [0.29, 0.717) is 17.2 Å². The molecule has 0 saturated carbocycles. The van der Waals surface area contributed by atoms with Gasteiger partial charge in [0.2, 0.25) is 5.28 Å². The Kier molecular flexibility index (Phi) is 2.93. The molecule has 0 aliphatic carbocycles. The number of anilines is 2. The predicted molar refractivity (Wildman–Crippen MR) is 55.0 cm³/mol. The molecule has 0 aliphatic rings. The van der Waals surface area contributed by atoms with Gasteiger partial charge in [0, 0.05) is 6.04 Å². The molecule has 0 spiro atoms. The molecule has 0 atom stereocenters. The maximum absolute atomic E-state index is 5.75. The quantitative estimate of drug-likeness (QED) is 0.716. The number of rotatable bonds is 2. The predicted octanol–water partition coefficient (Wildman–Crippen LogP) is 1.84. The van der Waals surface area contributed by atoms with E-state index in [-0.39, 0.29) is 11.3 Å². The standard InChI is InChI=1S/C8H13ClN4/c1-4(2)11-7-6(10)5(3)12-8(9)13-7/h4H,10H2,1-3H3,(H,11,12,13). The van der Waals surface area contributed by atoms with Gasteiger partial charge < -0.3 is 11.1 Å². The Morgan fingerprint density at radius 2 is 2.00 bits per heavy atom. The summed E-state index contributed by atoms with van der Waals surface area (Å²) in [5.74, 6) is 0.604. The van der Waals surface area contributed by atoms with Crippen molar-refractivity contribution in [2.24, 2.45) is 0 Å². The second-order valence-electron chi connectivity index (χ2n) is 3.14. The van der Waals surface area contributed by atoms with Crippen LogP contribution >= 0.6 is 11.6 Å². The molecular weight excluding hydrogens is 188 g/mol. The first-order chi connectivity index (χ1) is 6.00. The molecule has 1 aromatic rings. The Morgan fingerprint density at radius 1 is 1.38 bits per heavy atom. The van der Waals surface area contributed by atoms with Crippen LogP contribution in [-0.2, 0) is 0 Å². The van der Waals surface area contributed by atoms with Gasteiger partial charge in [0.25, 0.3) is 0 Å². The lowest BCUT2D eigenvalue weighted by Gasteiger charge is -2.12. The van der Waals surface area contributed by atoms with Crippen molar-refractivity contribution < 1.29 is 0 Å². The molecule has 72 valence electrons. The van der Waals surface area contributed by atoms with E-state index in [1.165, 1.54) is 0 Å². The van der Waals surface area contributed by atoms with Gasteiger partial charge >= 0.3 is 0 Å². The summed E-state index contributed by atoms with van der Waals surface area (Å²) in [5.41, 5.74) is 7.00. The minimum absolute atomic E-state index is 0.217. The van der Waals surface area contributed by atoms with E-state index < -0.39 is 0 Å². The van der Waals surface area contributed by atoms with E-state index in [1.54, 1.807) is 6.92 Å². The summed E-state index contributed by atoms with van der Waals surface area (Å²) in [7, 11) is 0. The molecule has 1 rings (SSSR count). The highest BCUT2D eigenvalue weighted by Gasteiger charge is 2.07. The van der Waals surface area contributed by atoms with Crippen molar-refractivity contribution in [3.8, 4) is 0 Å². The number of nitrogens with two attached hydrogens (primary N) is 1. The molecule has 1 heterocycles. The third-order valence-corrected chi connectivity index (χ3v) is 1.70. The number of nitrogen functional groups attached to an aromatic ring is 1. The fourth-order valence-electron chi connectivity index (χ4n) is 0.931. The summed E-state index contributed by atoms with van der Waals surface area (Å²) in [5, 5.41) is 3.31. The zero-order chi connectivity index (χ0) is 10.0. The van der Waals surface area contributed by atoms with Crippen LogP contribution in [0.25, 0.3) is 0 Å². The summed E-state index contributed by atoms with van der Waals surface area (Å²) in [6, 6.07) is 0.271. The second kappa shape index (κ2) is 3.79. The number of aromatic nitrogens is 2. The summed E-state index contributed by atoms with van der Waals surface area (Å²) in [4.78, 5) is 7.92. The van der Waals surface area contributed by atoms with Crippen LogP contribution in [0.15, 0.2) is 0 Å². The van der Waals surface area contributed by atoms with Gasteiger partial charge in [-0.1, -0.05) is 0 Å². The minimum atomic E-state index is 0.217. The number of nitrogens with one attached hydrogen (secondary N) is 1. The summed E-state index contributed by atoms with van der Waals surface area (Å²) < 4.78 is 0. The zero-order valence-corrected chi connectivity index (χ0v) is 8.68. The number of hydrogen-bond acceptors (Lipinski definition) is 4. The molecule has 0 radical (unpaired) electrons. The van der Waals surface area contributed by atoms with Crippen LogP contribution in [0.2, 0.25) is 5.28 Å². The van der Waals surface area contributed by atoms with Crippen molar-refractivity contribution in [1.29, 1.82) is 0 Å². The van der Waals surface area contributed by atoms with Crippen molar-refractivity contribution in [1.82, 2.24) is 9.97 Å². The fourth-order valence-corrected chi connectivity index (χ4v) is 1.14. The monoisotopic (exact) mass is 200 g/mol. The molecule has 0 saturated heterocycles. The van der Waals surface area contributed by atoms with Crippen molar-refractivity contribution >= 4 is 23.1 Å². The van der Waals surface area contributed by atoms with E-state index in [4.69, 9.17) is 17.3 Å². The Bertz CT molecular complexity index is 311. The molecule has 0 bridgehead atoms. The minimum Gasteiger partial charge on any atom is -0.394 e. The van der Waals surface area contributed by atoms with E-state index in [9.17, 15) is 0 Å². The molecule has 0 fully saturated rings. The average Bonchev–Trinajstić information content (AvgIpc) is 1.98. The van der Waals surface area contributed by atoms with E-state index >= 15 is 0 Å².